The number of amides is 1. The van der Waals surface area contributed by atoms with Crippen LogP contribution in [0.4, 0.5) is 15.8 Å². The second kappa shape index (κ2) is 8.35. The second-order valence-electron chi connectivity index (χ2n) is 6.31. The Hall–Kier alpha value is -3.67. The molecule has 0 aliphatic rings. The number of halogens is 1. The van der Waals surface area contributed by atoms with Gasteiger partial charge in [-0.05, 0) is 35.9 Å². The molecular formula is C22H19FN2O3. The maximum absolute atomic E-state index is 13.9. The fraction of sp³-hybridized carbons (Fsp3) is 0.0909. The molecule has 2 N–H and O–H groups in total. The van der Waals surface area contributed by atoms with Crippen LogP contribution in [0.2, 0.25) is 0 Å². The summed E-state index contributed by atoms with van der Waals surface area (Å²) in [6, 6.07) is 19.8. The molecule has 0 atom stereocenters. The van der Waals surface area contributed by atoms with E-state index in [1.807, 2.05) is 42.3 Å². The van der Waals surface area contributed by atoms with Gasteiger partial charge >= 0.3 is 5.97 Å². The van der Waals surface area contributed by atoms with Gasteiger partial charge in [-0.2, -0.15) is 0 Å². The SMILES string of the molecule is CN(Cc1ccccc1)c1ccc(C(=O)O)cc1NC(=O)c1ccccc1F. The fourth-order valence-electron chi connectivity index (χ4n) is 2.88. The molecule has 0 unspecified atom stereocenters. The van der Waals surface area contributed by atoms with Crippen LogP contribution in [0, 0.1) is 5.82 Å². The minimum absolute atomic E-state index is 0.0284. The van der Waals surface area contributed by atoms with E-state index in [0.29, 0.717) is 17.9 Å². The molecule has 28 heavy (non-hydrogen) atoms. The molecule has 1 amide bonds. The molecule has 3 rings (SSSR count). The van der Waals surface area contributed by atoms with E-state index < -0.39 is 17.7 Å². The van der Waals surface area contributed by atoms with Crippen LogP contribution in [0.3, 0.4) is 0 Å². The number of aromatic carboxylic acids is 1. The van der Waals surface area contributed by atoms with Gasteiger partial charge in [-0.1, -0.05) is 42.5 Å². The van der Waals surface area contributed by atoms with Crippen molar-refractivity contribution in [1.29, 1.82) is 0 Å². The third-order valence-corrected chi connectivity index (χ3v) is 4.28. The summed E-state index contributed by atoms with van der Waals surface area (Å²) in [5.41, 5.74) is 1.89. The highest BCUT2D eigenvalue weighted by Gasteiger charge is 2.17. The summed E-state index contributed by atoms with van der Waals surface area (Å²) in [6.45, 7) is 0.551. The van der Waals surface area contributed by atoms with Gasteiger partial charge in [-0.3, -0.25) is 4.79 Å². The van der Waals surface area contributed by atoms with E-state index in [1.165, 1.54) is 30.3 Å². The maximum atomic E-state index is 13.9. The Morgan fingerprint density at radius 2 is 1.68 bits per heavy atom. The molecule has 0 fully saturated rings. The third-order valence-electron chi connectivity index (χ3n) is 4.28. The van der Waals surface area contributed by atoms with Crippen LogP contribution < -0.4 is 10.2 Å². The molecule has 0 saturated heterocycles. The van der Waals surface area contributed by atoms with E-state index in [-0.39, 0.29) is 11.1 Å². The van der Waals surface area contributed by atoms with Gasteiger partial charge in [0.2, 0.25) is 0 Å². The van der Waals surface area contributed by atoms with Crippen LogP contribution in [-0.2, 0) is 6.54 Å². The molecule has 0 spiro atoms. The summed E-state index contributed by atoms with van der Waals surface area (Å²) in [4.78, 5) is 25.8. The normalized spacial score (nSPS) is 10.4. The first kappa shape index (κ1) is 19.1. The standard InChI is InChI=1S/C22H19FN2O3/c1-25(14-15-7-3-2-4-8-15)20-12-11-16(22(27)28)13-19(20)24-21(26)17-9-5-6-10-18(17)23/h2-13H,14H2,1H3,(H,24,26)(H,27,28). The molecule has 142 valence electrons. The quantitative estimate of drug-likeness (QED) is 0.667. The topological polar surface area (TPSA) is 69.6 Å². The average molecular weight is 378 g/mol. The minimum Gasteiger partial charge on any atom is -0.478 e. The predicted octanol–water partition coefficient (Wildman–Crippen LogP) is 4.41. The van der Waals surface area contributed by atoms with E-state index in [9.17, 15) is 19.1 Å². The molecule has 0 aliphatic heterocycles. The molecule has 0 aliphatic carbocycles. The fourth-order valence-corrected chi connectivity index (χ4v) is 2.88. The Kier molecular flexibility index (Phi) is 5.69. The Balaban J connectivity index is 1.93. The van der Waals surface area contributed by atoms with Crippen molar-refractivity contribution in [3.63, 3.8) is 0 Å². The van der Waals surface area contributed by atoms with Gasteiger partial charge in [0.15, 0.2) is 0 Å². The number of carbonyl (C=O) groups excluding carboxylic acids is 1. The van der Waals surface area contributed by atoms with Crippen LogP contribution in [0.5, 0.6) is 0 Å². The first-order chi connectivity index (χ1) is 13.5. The lowest BCUT2D eigenvalue weighted by molar-refractivity contribution is 0.0696. The zero-order chi connectivity index (χ0) is 20.1. The molecule has 0 bridgehead atoms. The molecule has 0 heterocycles. The number of benzene rings is 3. The summed E-state index contributed by atoms with van der Waals surface area (Å²) in [6.07, 6.45) is 0. The summed E-state index contributed by atoms with van der Waals surface area (Å²) >= 11 is 0. The first-order valence-electron chi connectivity index (χ1n) is 8.64. The van der Waals surface area contributed by atoms with Gasteiger partial charge in [0.1, 0.15) is 5.82 Å². The Morgan fingerprint density at radius 3 is 2.36 bits per heavy atom. The van der Waals surface area contributed by atoms with Crippen molar-refractivity contribution in [1.82, 2.24) is 0 Å². The highest BCUT2D eigenvalue weighted by Crippen LogP contribution is 2.28. The van der Waals surface area contributed by atoms with Crippen LogP contribution >= 0.6 is 0 Å². The molecule has 0 saturated carbocycles. The summed E-state index contributed by atoms with van der Waals surface area (Å²) in [5.74, 6) is -2.40. The van der Waals surface area contributed by atoms with Gasteiger partial charge in [-0.25, -0.2) is 9.18 Å². The zero-order valence-electron chi connectivity index (χ0n) is 15.2. The average Bonchev–Trinajstić information content (AvgIpc) is 2.68. The van der Waals surface area contributed by atoms with E-state index in [1.54, 1.807) is 12.1 Å². The number of anilines is 2. The number of carboxylic acid groups (broad SMARTS) is 1. The Morgan fingerprint density at radius 1 is 1.00 bits per heavy atom. The van der Waals surface area contributed by atoms with E-state index in [4.69, 9.17) is 0 Å². The van der Waals surface area contributed by atoms with E-state index in [0.717, 1.165) is 5.56 Å². The highest BCUT2D eigenvalue weighted by molar-refractivity contribution is 6.06. The van der Waals surface area contributed by atoms with E-state index >= 15 is 0 Å². The van der Waals surface area contributed by atoms with Crippen molar-refractivity contribution in [2.75, 3.05) is 17.3 Å². The number of carboxylic acids is 1. The third kappa shape index (κ3) is 4.35. The van der Waals surface area contributed by atoms with Gasteiger partial charge in [0.05, 0.1) is 22.5 Å². The largest absolute Gasteiger partial charge is 0.478 e. The summed E-state index contributed by atoms with van der Waals surface area (Å²) < 4.78 is 13.9. The molecule has 6 heteroatoms. The smallest absolute Gasteiger partial charge is 0.335 e. The zero-order valence-corrected chi connectivity index (χ0v) is 15.2. The van der Waals surface area contributed by atoms with Crippen molar-refractivity contribution in [3.05, 3.63) is 95.3 Å². The van der Waals surface area contributed by atoms with Crippen LogP contribution in [0.15, 0.2) is 72.8 Å². The van der Waals surface area contributed by atoms with Crippen molar-refractivity contribution < 1.29 is 19.1 Å². The minimum atomic E-state index is -1.11. The number of rotatable bonds is 6. The Bertz CT molecular complexity index is 1010. The van der Waals surface area contributed by atoms with Crippen molar-refractivity contribution in [2.24, 2.45) is 0 Å². The number of hydrogen-bond acceptors (Lipinski definition) is 3. The van der Waals surface area contributed by atoms with E-state index in [2.05, 4.69) is 5.32 Å². The van der Waals surface area contributed by atoms with Crippen molar-refractivity contribution in [2.45, 2.75) is 6.54 Å². The number of nitrogens with zero attached hydrogens (tertiary/aromatic N) is 1. The van der Waals surface area contributed by atoms with Crippen molar-refractivity contribution >= 4 is 23.3 Å². The Labute approximate surface area is 162 Å². The summed E-state index contributed by atoms with van der Waals surface area (Å²) in [5, 5.41) is 11.9. The molecule has 3 aromatic carbocycles. The number of carbonyl (C=O) groups is 2. The lowest BCUT2D eigenvalue weighted by Crippen LogP contribution is -2.21. The molecule has 5 nitrogen and oxygen atoms in total. The monoisotopic (exact) mass is 378 g/mol. The van der Waals surface area contributed by atoms with Crippen molar-refractivity contribution in [3.8, 4) is 0 Å². The van der Waals surface area contributed by atoms with Gasteiger partial charge < -0.3 is 15.3 Å². The predicted molar refractivity (Wildman–Crippen MR) is 106 cm³/mol. The second-order valence-corrected chi connectivity index (χ2v) is 6.31. The van der Waals surface area contributed by atoms with Crippen LogP contribution in [0.1, 0.15) is 26.3 Å². The molecular weight excluding hydrogens is 359 g/mol. The first-order valence-corrected chi connectivity index (χ1v) is 8.64. The number of hydrogen-bond donors (Lipinski definition) is 2. The van der Waals surface area contributed by atoms with Gasteiger partial charge in [0.25, 0.3) is 5.91 Å². The molecule has 0 aromatic heterocycles. The lowest BCUT2D eigenvalue weighted by Gasteiger charge is -2.23. The number of nitrogens with one attached hydrogen (secondary N) is 1. The molecule has 3 aromatic rings. The van der Waals surface area contributed by atoms with Crippen LogP contribution in [-0.4, -0.2) is 24.0 Å². The molecule has 0 radical (unpaired) electrons. The van der Waals surface area contributed by atoms with Gasteiger partial charge in [0, 0.05) is 13.6 Å². The highest BCUT2D eigenvalue weighted by atomic mass is 19.1. The van der Waals surface area contributed by atoms with Crippen LogP contribution in [0.25, 0.3) is 0 Å². The maximum Gasteiger partial charge on any atom is 0.335 e. The lowest BCUT2D eigenvalue weighted by atomic mass is 10.1. The van der Waals surface area contributed by atoms with Gasteiger partial charge in [-0.15, -0.1) is 0 Å². The summed E-state index contributed by atoms with van der Waals surface area (Å²) in [7, 11) is 1.83.